The molecule has 0 unspecified atom stereocenters. The third-order valence-corrected chi connectivity index (χ3v) is 2.77. The van der Waals surface area contributed by atoms with E-state index >= 15 is 0 Å². The Hall–Kier alpha value is -1.22. The zero-order valence-corrected chi connectivity index (χ0v) is 11.1. The molecule has 0 aliphatic carbocycles. The summed E-state index contributed by atoms with van der Waals surface area (Å²) >= 11 is 6.04. The molecule has 0 atom stereocenters. The Balaban J connectivity index is 2.98. The molecule has 0 spiro atoms. The highest BCUT2D eigenvalue weighted by molar-refractivity contribution is 6.31. The van der Waals surface area contributed by atoms with Gasteiger partial charge in [-0.1, -0.05) is 18.5 Å². The van der Waals surface area contributed by atoms with Crippen LogP contribution in [0.2, 0.25) is 5.02 Å². The number of halogens is 1. The Morgan fingerprint density at radius 3 is 2.71 bits per heavy atom. The quantitative estimate of drug-likeness (QED) is 0.759. The lowest BCUT2D eigenvalue weighted by atomic mass is 10.1. The number of ether oxygens (including phenoxy) is 2. The van der Waals surface area contributed by atoms with Crippen molar-refractivity contribution < 1.29 is 14.3 Å². The second kappa shape index (κ2) is 6.50. The summed E-state index contributed by atoms with van der Waals surface area (Å²) in [6.07, 6.45) is 1.09. The van der Waals surface area contributed by atoms with Crippen LogP contribution in [0.3, 0.4) is 0 Å². The average Bonchev–Trinajstić information content (AvgIpc) is 2.31. The van der Waals surface area contributed by atoms with Crippen LogP contribution in [0.4, 0.5) is 0 Å². The summed E-state index contributed by atoms with van der Waals surface area (Å²) < 4.78 is 10.2. The number of rotatable bonds is 5. The van der Waals surface area contributed by atoms with Gasteiger partial charge in [0, 0.05) is 10.6 Å². The van der Waals surface area contributed by atoms with E-state index in [-0.39, 0.29) is 12.4 Å². The van der Waals surface area contributed by atoms with E-state index in [1.807, 2.05) is 19.9 Å². The lowest BCUT2D eigenvalue weighted by molar-refractivity contribution is -0.139. The molecule has 17 heavy (non-hydrogen) atoms. The van der Waals surface area contributed by atoms with Crippen molar-refractivity contribution in [2.24, 2.45) is 0 Å². The molecule has 0 bridgehead atoms. The maximum absolute atomic E-state index is 11.3. The number of carbonyl (C=O) groups excluding carboxylic acids is 1. The van der Waals surface area contributed by atoms with Crippen molar-refractivity contribution in [3.63, 3.8) is 0 Å². The van der Waals surface area contributed by atoms with Crippen molar-refractivity contribution in [2.45, 2.75) is 26.7 Å². The Bertz CT molecular complexity index is 402. The zero-order valence-electron chi connectivity index (χ0n) is 10.4. The van der Waals surface area contributed by atoms with Crippen molar-refractivity contribution in [3.05, 3.63) is 28.3 Å². The first-order valence-corrected chi connectivity index (χ1v) is 5.95. The van der Waals surface area contributed by atoms with Crippen LogP contribution in [0.15, 0.2) is 12.1 Å². The molecule has 0 N–H and O–H groups in total. The Kier molecular flexibility index (Phi) is 5.29. The van der Waals surface area contributed by atoms with Crippen molar-refractivity contribution in [1.82, 2.24) is 0 Å². The molecule has 1 rings (SSSR count). The molecule has 0 aliphatic rings. The smallest absolute Gasteiger partial charge is 0.310 e. The van der Waals surface area contributed by atoms with Crippen molar-refractivity contribution in [3.8, 4) is 5.75 Å². The minimum absolute atomic E-state index is 0.176. The number of hydrogen-bond acceptors (Lipinski definition) is 3. The molecule has 0 fully saturated rings. The molecule has 0 saturated carbocycles. The average molecular weight is 257 g/mol. The molecule has 0 radical (unpaired) electrons. The maximum Gasteiger partial charge on any atom is 0.310 e. The molecular formula is C13H17ClO3. The summed E-state index contributed by atoms with van der Waals surface area (Å²) in [5.41, 5.74) is 1.70. The van der Waals surface area contributed by atoms with Crippen molar-refractivity contribution >= 4 is 17.6 Å². The fraction of sp³-hybridized carbons (Fsp3) is 0.462. The van der Waals surface area contributed by atoms with Crippen LogP contribution in [0, 0.1) is 6.92 Å². The number of benzene rings is 1. The van der Waals surface area contributed by atoms with Gasteiger partial charge < -0.3 is 9.47 Å². The van der Waals surface area contributed by atoms with Crippen LogP contribution in [-0.2, 0) is 16.0 Å². The highest BCUT2D eigenvalue weighted by Gasteiger charge is 2.11. The van der Waals surface area contributed by atoms with Crippen LogP contribution in [0.5, 0.6) is 5.75 Å². The topological polar surface area (TPSA) is 35.5 Å². The molecule has 4 heteroatoms. The predicted molar refractivity (Wildman–Crippen MR) is 67.7 cm³/mol. The van der Waals surface area contributed by atoms with E-state index in [0.717, 1.165) is 17.5 Å². The van der Waals surface area contributed by atoms with Gasteiger partial charge in [0.1, 0.15) is 5.75 Å². The second-order valence-corrected chi connectivity index (χ2v) is 4.22. The van der Waals surface area contributed by atoms with E-state index in [9.17, 15) is 4.79 Å². The fourth-order valence-electron chi connectivity index (χ4n) is 1.41. The van der Waals surface area contributed by atoms with Crippen molar-refractivity contribution in [2.75, 3.05) is 13.7 Å². The van der Waals surface area contributed by atoms with Gasteiger partial charge in [0.15, 0.2) is 0 Å². The van der Waals surface area contributed by atoms with Gasteiger partial charge in [0.05, 0.1) is 20.1 Å². The van der Waals surface area contributed by atoms with E-state index in [0.29, 0.717) is 17.4 Å². The summed E-state index contributed by atoms with van der Waals surface area (Å²) in [4.78, 5) is 11.3. The Morgan fingerprint density at radius 1 is 1.41 bits per heavy atom. The van der Waals surface area contributed by atoms with Gasteiger partial charge in [-0.25, -0.2) is 0 Å². The minimum Gasteiger partial charge on any atom is -0.493 e. The van der Waals surface area contributed by atoms with Gasteiger partial charge >= 0.3 is 5.97 Å². The maximum atomic E-state index is 11.3. The molecule has 1 aromatic rings. The molecule has 0 aromatic heterocycles. The van der Waals surface area contributed by atoms with E-state index < -0.39 is 0 Å². The van der Waals surface area contributed by atoms with Crippen LogP contribution >= 0.6 is 11.6 Å². The second-order valence-electron chi connectivity index (χ2n) is 3.81. The first-order chi connectivity index (χ1) is 8.08. The van der Waals surface area contributed by atoms with Crippen LogP contribution in [-0.4, -0.2) is 19.7 Å². The van der Waals surface area contributed by atoms with Gasteiger partial charge in [0.25, 0.3) is 0 Å². The third kappa shape index (κ3) is 3.93. The minimum atomic E-state index is -0.300. The molecule has 0 saturated heterocycles. The predicted octanol–water partition coefficient (Wildman–Crippen LogP) is 3.15. The van der Waals surface area contributed by atoms with E-state index in [1.165, 1.54) is 7.11 Å². The van der Waals surface area contributed by atoms with E-state index in [1.54, 1.807) is 6.07 Å². The highest BCUT2D eigenvalue weighted by Crippen LogP contribution is 2.27. The summed E-state index contributed by atoms with van der Waals surface area (Å²) in [7, 11) is 1.37. The van der Waals surface area contributed by atoms with Crippen LogP contribution < -0.4 is 4.74 Å². The summed E-state index contributed by atoms with van der Waals surface area (Å²) in [5, 5.41) is 0.632. The monoisotopic (exact) mass is 256 g/mol. The van der Waals surface area contributed by atoms with Crippen LogP contribution in [0.1, 0.15) is 24.5 Å². The standard InChI is InChI=1S/C13H17ClO3/c1-4-5-17-12-6-9(2)11(14)7-10(12)8-13(15)16-3/h6-7H,4-5,8H2,1-3H3. The summed E-state index contributed by atoms with van der Waals surface area (Å²) in [6, 6.07) is 3.62. The Morgan fingerprint density at radius 2 is 2.12 bits per heavy atom. The molecule has 1 aromatic carbocycles. The highest BCUT2D eigenvalue weighted by atomic mass is 35.5. The molecule has 0 aliphatic heterocycles. The van der Waals surface area contributed by atoms with Crippen molar-refractivity contribution in [1.29, 1.82) is 0 Å². The lowest BCUT2D eigenvalue weighted by Crippen LogP contribution is -2.07. The number of esters is 1. The fourth-order valence-corrected chi connectivity index (χ4v) is 1.59. The normalized spacial score (nSPS) is 10.1. The number of aryl methyl sites for hydroxylation is 1. The summed E-state index contributed by atoms with van der Waals surface area (Å²) in [5.74, 6) is 0.408. The van der Waals surface area contributed by atoms with Gasteiger partial charge in [-0.15, -0.1) is 0 Å². The summed E-state index contributed by atoms with van der Waals surface area (Å²) in [6.45, 7) is 4.56. The van der Waals surface area contributed by atoms with E-state index in [4.69, 9.17) is 16.3 Å². The van der Waals surface area contributed by atoms with Gasteiger partial charge in [-0.05, 0) is 31.0 Å². The first-order valence-electron chi connectivity index (χ1n) is 5.57. The molecular weight excluding hydrogens is 240 g/mol. The first kappa shape index (κ1) is 13.8. The number of hydrogen-bond donors (Lipinski definition) is 0. The number of methoxy groups -OCH3 is 1. The zero-order chi connectivity index (χ0) is 12.8. The SMILES string of the molecule is CCCOc1cc(C)c(Cl)cc1CC(=O)OC. The molecule has 0 amide bonds. The third-order valence-electron chi connectivity index (χ3n) is 2.37. The molecule has 0 heterocycles. The largest absolute Gasteiger partial charge is 0.493 e. The van der Waals surface area contributed by atoms with Gasteiger partial charge in [-0.2, -0.15) is 0 Å². The van der Waals surface area contributed by atoms with Crippen LogP contribution in [0.25, 0.3) is 0 Å². The van der Waals surface area contributed by atoms with Gasteiger partial charge in [0.2, 0.25) is 0 Å². The number of carbonyl (C=O) groups is 1. The molecule has 3 nitrogen and oxygen atoms in total. The lowest BCUT2D eigenvalue weighted by Gasteiger charge is -2.12. The molecule has 94 valence electrons. The van der Waals surface area contributed by atoms with E-state index in [2.05, 4.69) is 4.74 Å². The van der Waals surface area contributed by atoms with Gasteiger partial charge in [-0.3, -0.25) is 4.79 Å². The Labute approximate surface area is 107 Å².